The van der Waals surface area contributed by atoms with Crippen molar-refractivity contribution in [1.29, 1.82) is 0 Å². The molecular weight excluding hydrogens is 489 g/mol. The van der Waals surface area contributed by atoms with Crippen LogP contribution in [0.25, 0.3) is 0 Å². The minimum Gasteiger partial charge on any atom is -0.352 e. The molecule has 5 nitrogen and oxygen atoms in total. The first-order valence-corrected chi connectivity index (χ1v) is 12.6. The summed E-state index contributed by atoms with van der Waals surface area (Å²) >= 11 is 5.49. The van der Waals surface area contributed by atoms with Gasteiger partial charge in [-0.3, -0.25) is 4.79 Å². The van der Waals surface area contributed by atoms with Crippen LogP contribution < -0.4 is 10.0 Å². The summed E-state index contributed by atoms with van der Waals surface area (Å²) in [5, 5.41) is 3.00. The third-order valence-corrected chi connectivity index (χ3v) is 6.53. The van der Waals surface area contributed by atoms with Crippen molar-refractivity contribution in [3.8, 4) is 0 Å². The van der Waals surface area contributed by atoms with Gasteiger partial charge in [-0.2, -0.15) is 13.2 Å². The van der Waals surface area contributed by atoms with Crippen molar-refractivity contribution in [2.45, 2.75) is 71.1 Å². The van der Waals surface area contributed by atoms with Crippen molar-refractivity contribution in [3.63, 3.8) is 0 Å². The van der Waals surface area contributed by atoms with Gasteiger partial charge in [0.1, 0.15) is 0 Å². The molecule has 1 amide bonds. The average Bonchev–Trinajstić information content (AvgIpc) is 2.74. The normalized spacial score (nSPS) is 17.3. The average molecular weight is 523 g/mol. The Morgan fingerprint density at radius 3 is 2.15 bits per heavy atom. The summed E-state index contributed by atoms with van der Waals surface area (Å²) in [6.07, 6.45) is 8.63. The van der Waals surface area contributed by atoms with Crippen LogP contribution in [-0.2, 0) is 14.8 Å². The molecule has 0 bridgehead atoms. The van der Waals surface area contributed by atoms with E-state index in [2.05, 4.69) is 23.2 Å². The molecule has 0 aromatic heterocycles. The standard InChI is InChI=1S/C15H22F3NO2S.C9H12ClNO/c1-3-7-14(11-10-12(2)15(16,17)18)22(20,21)19-13-8-5-4-6-9-13;1-7(4-5-8(2)10)9(3)11-6-12/h3,7,10-11,13,19H,4-6,8-9H2,1-2H3;4-6,9H,1-2H2,3H3,(H,11,12)/b7-3-,12-10+,14-11+;5-4-/t;9-/m.1/s1. The van der Waals surface area contributed by atoms with Gasteiger partial charge in [-0.25, -0.2) is 13.1 Å². The molecule has 0 aromatic carbocycles. The lowest BCUT2D eigenvalue weighted by Gasteiger charge is -2.22. The summed E-state index contributed by atoms with van der Waals surface area (Å²) < 4.78 is 64.6. The molecule has 0 unspecified atom stereocenters. The smallest absolute Gasteiger partial charge is 0.352 e. The van der Waals surface area contributed by atoms with E-state index in [4.69, 9.17) is 11.6 Å². The number of hydrogen-bond acceptors (Lipinski definition) is 3. The van der Waals surface area contributed by atoms with Crippen LogP contribution in [-0.4, -0.2) is 33.1 Å². The lowest BCUT2D eigenvalue weighted by atomic mass is 9.96. The van der Waals surface area contributed by atoms with Crippen LogP contribution in [0.15, 0.2) is 70.7 Å². The van der Waals surface area contributed by atoms with Crippen LogP contribution in [0, 0.1) is 0 Å². The predicted molar refractivity (Wildman–Crippen MR) is 134 cm³/mol. The predicted octanol–water partition coefficient (Wildman–Crippen LogP) is 6.19. The van der Waals surface area contributed by atoms with E-state index in [1.807, 2.05) is 6.92 Å². The minimum atomic E-state index is -4.46. The summed E-state index contributed by atoms with van der Waals surface area (Å²) in [5.41, 5.74) is -0.0636. The van der Waals surface area contributed by atoms with Gasteiger partial charge in [-0.1, -0.05) is 62.2 Å². The van der Waals surface area contributed by atoms with Gasteiger partial charge >= 0.3 is 6.18 Å². The van der Waals surface area contributed by atoms with Gasteiger partial charge in [0, 0.05) is 16.6 Å². The molecule has 2 N–H and O–H groups in total. The Morgan fingerprint density at radius 2 is 1.68 bits per heavy atom. The first kappa shape index (κ1) is 31.9. The maximum absolute atomic E-state index is 12.5. The number of nitrogens with one attached hydrogen (secondary N) is 2. The Hall–Kier alpha value is -2.10. The monoisotopic (exact) mass is 522 g/mol. The van der Waals surface area contributed by atoms with E-state index in [-0.39, 0.29) is 17.0 Å². The fourth-order valence-electron chi connectivity index (χ4n) is 2.76. The van der Waals surface area contributed by atoms with E-state index in [1.54, 1.807) is 19.1 Å². The van der Waals surface area contributed by atoms with Gasteiger partial charge in [0.15, 0.2) is 0 Å². The van der Waals surface area contributed by atoms with Crippen LogP contribution in [0.3, 0.4) is 0 Å². The van der Waals surface area contributed by atoms with Gasteiger partial charge < -0.3 is 5.32 Å². The molecule has 1 fully saturated rings. The fraction of sp³-hybridized carbons (Fsp3) is 0.458. The molecule has 1 saturated carbocycles. The van der Waals surface area contributed by atoms with E-state index in [1.165, 1.54) is 12.2 Å². The molecule has 34 heavy (non-hydrogen) atoms. The lowest BCUT2D eigenvalue weighted by molar-refractivity contribution is -0.109. The van der Waals surface area contributed by atoms with Crippen LogP contribution in [0.4, 0.5) is 13.2 Å². The zero-order chi connectivity index (χ0) is 26.4. The first-order valence-electron chi connectivity index (χ1n) is 10.8. The minimum absolute atomic E-state index is 0.0743. The number of amides is 1. The van der Waals surface area contributed by atoms with E-state index >= 15 is 0 Å². The summed E-state index contributed by atoms with van der Waals surface area (Å²) in [7, 11) is -3.81. The third-order valence-electron chi connectivity index (χ3n) is 4.87. The summed E-state index contributed by atoms with van der Waals surface area (Å²) in [6, 6.07) is -0.213. The Morgan fingerprint density at radius 1 is 1.09 bits per heavy atom. The lowest BCUT2D eigenvalue weighted by Crippen LogP contribution is -2.36. The van der Waals surface area contributed by atoms with Crippen LogP contribution in [0.1, 0.15) is 52.9 Å². The maximum Gasteiger partial charge on any atom is 0.412 e. The number of carbonyl (C=O) groups is 1. The highest BCUT2D eigenvalue weighted by Crippen LogP contribution is 2.25. The number of hydrogen-bond donors (Lipinski definition) is 2. The molecule has 0 aromatic rings. The van der Waals surface area contributed by atoms with Crippen LogP contribution in [0.2, 0.25) is 0 Å². The molecule has 1 atom stereocenters. The first-order chi connectivity index (χ1) is 15.7. The van der Waals surface area contributed by atoms with Crippen LogP contribution >= 0.6 is 11.6 Å². The zero-order valence-electron chi connectivity index (χ0n) is 19.8. The SMILES string of the molecule is C=C(Cl)/C=C\C(=C)[C@@H](C)NC=O.C\C=C/C(=C\C=C(/C)C(F)(F)F)S(=O)(=O)NC1CCCCC1. The number of alkyl halides is 3. The molecule has 0 aliphatic heterocycles. The van der Waals surface area contributed by atoms with Gasteiger partial charge in [0.05, 0.1) is 10.9 Å². The topological polar surface area (TPSA) is 75.3 Å². The number of allylic oxidation sites excluding steroid dienone is 7. The number of carbonyl (C=O) groups excluding carboxylic acids is 1. The molecule has 0 heterocycles. The second-order valence-electron chi connectivity index (χ2n) is 7.73. The second kappa shape index (κ2) is 15.7. The molecular formula is C24H34ClF3N2O3S. The van der Waals surface area contributed by atoms with Crippen molar-refractivity contribution in [2.75, 3.05) is 0 Å². The highest BCUT2D eigenvalue weighted by molar-refractivity contribution is 7.93. The van der Waals surface area contributed by atoms with Crippen molar-refractivity contribution >= 4 is 28.0 Å². The molecule has 1 aliphatic carbocycles. The highest BCUT2D eigenvalue weighted by atomic mass is 35.5. The molecule has 10 heteroatoms. The maximum atomic E-state index is 12.5. The van der Waals surface area contributed by atoms with Gasteiger partial charge in [-0.15, -0.1) is 0 Å². The fourth-order valence-corrected chi connectivity index (χ4v) is 4.20. The quantitative estimate of drug-likeness (QED) is 0.265. The van der Waals surface area contributed by atoms with Gasteiger partial charge in [-0.05, 0) is 57.4 Å². The molecule has 1 aliphatic rings. The molecule has 1 rings (SSSR count). The van der Waals surface area contributed by atoms with Crippen molar-refractivity contribution < 1.29 is 26.4 Å². The Bertz CT molecular complexity index is 914. The number of halogens is 4. The zero-order valence-corrected chi connectivity index (χ0v) is 21.4. The Kier molecular flexibility index (Phi) is 14.8. The van der Waals surface area contributed by atoms with E-state index in [0.29, 0.717) is 11.4 Å². The van der Waals surface area contributed by atoms with Crippen LogP contribution in [0.5, 0.6) is 0 Å². The third kappa shape index (κ3) is 13.6. The number of rotatable bonds is 10. The van der Waals surface area contributed by atoms with Gasteiger partial charge in [0.25, 0.3) is 0 Å². The molecule has 0 radical (unpaired) electrons. The molecule has 0 spiro atoms. The summed E-state index contributed by atoms with van der Waals surface area (Å²) in [6.45, 7) is 11.6. The van der Waals surface area contributed by atoms with E-state index in [9.17, 15) is 26.4 Å². The van der Waals surface area contributed by atoms with Crippen molar-refractivity contribution in [2.24, 2.45) is 0 Å². The van der Waals surface area contributed by atoms with E-state index in [0.717, 1.165) is 56.8 Å². The largest absolute Gasteiger partial charge is 0.412 e. The van der Waals surface area contributed by atoms with E-state index < -0.39 is 21.8 Å². The Balaban J connectivity index is 0.000000770. The Labute approximate surface area is 206 Å². The van der Waals surface area contributed by atoms with Gasteiger partial charge in [0.2, 0.25) is 16.4 Å². The highest BCUT2D eigenvalue weighted by Gasteiger charge is 2.29. The summed E-state index contributed by atoms with van der Waals surface area (Å²) in [5.74, 6) is 0. The number of sulfonamides is 1. The second-order valence-corrected chi connectivity index (χ2v) is 9.93. The van der Waals surface area contributed by atoms with Crippen molar-refractivity contribution in [3.05, 3.63) is 70.7 Å². The van der Waals surface area contributed by atoms with Crippen molar-refractivity contribution in [1.82, 2.24) is 10.0 Å². The summed E-state index contributed by atoms with van der Waals surface area (Å²) in [4.78, 5) is 9.88. The molecule has 192 valence electrons. The molecule has 0 saturated heterocycles.